The predicted octanol–water partition coefficient (Wildman–Crippen LogP) is 3.68. The predicted molar refractivity (Wildman–Crippen MR) is 63.7 cm³/mol. The van der Waals surface area contributed by atoms with E-state index in [1.165, 1.54) is 12.1 Å². The molecule has 4 heteroatoms. The van der Waals surface area contributed by atoms with Crippen LogP contribution in [0.15, 0.2) is 28.7 Å². The van der Waals surface area contributed by atoms with Crippen molar-refractivity contribution in [3.8, 4) is 0 Å². The van der Waals surface area contributed by atoms with Gasteiger partial charge in [0.25, 0.3) is 5.92 Å². The van der Waals surface area contributed by atoms with Crippen LogP contribution in [0.2, 0.25) is 0 Å². The van der Waals surface area contributed by atoms with Gasteiger partial charge >= 0.3 is 0 Å². The third kappa shape index (κ3) is 2.43. The molecule has 0 bridgehead atoms. The highest BCUT2D eigenvalue weighted by Crippen LogP contribution is 2.36. The van der Waals surface area contributed by atoms with Gasteiger partial charge in [-0.25, -0.2) is 0 Å². The van der Waals surface area contributed by atoms with Crippen LogP contribution < -0.4 is 5.32 Å². The number of rotatable bonds is 2. The van der Waals surface area contributed by atoms with Gasteiger partial charge < -0.3 is 5.32 Å². The summed E-state index contributed by atoms with van der Waals surface area (Å²) in [5.41, 5.74) is 0.0845. The van der Waals surface area contributed by atoms with Gasteiger partial charge in [-0.15, -0.1) is 0 Å². The summed E-state index contributed by atoms with van der Waals surface area (Å²) in [6, 6.07) is 5.66. The van der Waals surface area contributed by atoms with Crippen molar-refractivity contribution in [2.24, 2.45) is 0 Å². The molecule has 0 radical (unpaired) electrons. The lowest BCUT2D eigenvalue weighted by Gasteiger charge is -2.31. The fourth-order valence-electron chi connectivity index (χ4n) is 2.06. The van der Waals surface area contributed by atoms with Crippen LogP contribution in [-0.4, -0.2) is 12.6 Å². The Bertz CT molecular complexity index is 362. The first-order chi connectivity index (χ1) is 7.60. The Morgan fingerprint density at radius 2 is 2.12 bits per heavy atom. The molecular formula is C12H14BrF2N. The minimum atomic E-state index is -2.79. The molecule has 1 aliphatic rings. The largest absolute Gasteiger partial charge is 0.308 e. The van der Waals surface area contributed by atoms with Crippen LogP contribution in [0.4, 0.5) is 8.78 Å². The molecule has 88 valence electrons. The van der Waals surface area contributed by atoms with Gasteiger partial charge in [0.05, 0.1) is 6.04 Å². The number of hydrogen-bond donors (Lipinski definition) is 1. The summed E-state index contributed by atoms with van der Waals surface area (Å²) < 4.78 is 29.0. The van der Waals surface area contributed by atoms with E-state index >= 15 is 0 Å². The fourth-order valence-corrected chi connectivity index (χ4v) is 2.46. The molecule has 1 N–H and O–H groups in total. The number of nitrogens with one attached hydrogen (secondary N) is 1. The van der Waals surface area contributed by atoms with Gasteiger partial charge in [-0.05, 0) is 31.5 Å². The maximum atomic E-state index is 14.1. The van der Waals surface area contributed by atoms with E-state index in [1.54, 1.807) is 12.1 Å². The SMILES string of the molecule is FC(F)(c1cccc(Br)c1)C1CCCCN1. The molecule has 0 aliphatic carbocycles. The van der Waals surface area contributed by atoms with Crippen LogP contribution in [0, 0.1) is 0 Å². The summed E-state index contributed by atoms with van der Waals surface area (Å²) in [6.07, 6.45) is 2.41. The van der Waals surface area contributed by atoms with Crippen LogP contribution in [0.3, 0.4) is 0 Å². The van der Waals surface area contributed by atoms with Gasteiger partial charge in [-0.2, -0.15) is 8.78 Å². The fraction of sp³-hybridized carbons (Fsp3) is 0.500. The highest BCUT2D eigenvalue weighted by Gasteiger charge is 2.41. The van der Waals surface area contributed by atoms with Crippen molar-refractivity contribution in [3.05, 3.63) is 34.3 Å². The molecule has 0 spiro atoms. The Hall–Kier alpha value is -0.480. The van der Waals surface area contributed by atoms with E-state index in [4.69, 9.17) is 0 Å². The molecule has 0 amide bonds. The number of piperidine rings is 1. The van der Waals surface area contributed by atoms with Crippen LogP contribution >= 0.6 is 15.9 Å². The van der Waals surface area contributed by atoms with Gasteiger partial charge in [0, 0.05) is 10.0 Å². The van der Waals surface area contributed by atoms with Gasteiger partial charge in [-0.1, -0.05) is 34.5 Å². The molecule has 1 fully saturated rings. The number of alkyl halides is 2. The first kappa shape index (κ1) is 12.0. The topological polar surface area (TPSA) is 12.0 Å². The lowest BCUT2D eigenvalue weighted by Crippen LogP contribution is -2.45. The molecule has 1 atom stereocenters. The second-order valence-electron chi connectivity index (χ2n) is 4.14. The summed E-state index contributed by atoms with van der Waals surface area (Å²) in [6.45, 7) is 0.689. The van der Waals surface area contributed by atoms with Crippen molar-refractivity contribution < 1.29 is 8.78 Å². The molecule has 1 saturated heterocycles. The Balaban J connectivity index is 2.22. The van der Waals surface area contributed by atoms with Gasteiger partial charge in [0.2, 0.25) is 0 Å². The Labute approximate surface area is 102 Å². The lowest BCUT2D eigenvalue weighted by atomic mass is 9.94. The molecule has 0 aromatic heterocycles. The molecule has 1 aromatic carbocycles. The molecule has 1 unspecified atom stereocenters. The van der Waals surface area contributed by atoms with Crippen LogP contribution in [-0.2, 0) is 5.92 Å². The molecule has 16 heavy (non-hydrogen) atoms. The van der Waals surface area contributed by atoms with E-state index < -0.39 is 12.0 Å². The summed E-state index contributed by atoms with van der Waals surface area (Å²) in [7, 11) is 0. The van der Waals surface area contributed by atoms with Crippen molar-refractivity contribution in [1.82, 2.24) is 5.32 Å². The quantitative estimate of drug-likeness (QED) is 0.876. The van der Waals surface area contributed by atoms with E-state index in [2.05, 4.69) is 21.2 Å². The molecule has 1 aromatic rings. The summed E-state index contributed by atoms with van der Waals surface area (Å²) in [5, 5.41) is 2.91. The van der Waals surface area contributed by atoms with Crippen molar-refractivity contribution in [2.45, 2.75) is 31.2 Å². The average Bonchev–Trinajstić information content (AvgIpc) is 2.30. The molecular weight excluding hydrogens is 276 g/mol. The Kier molecular flexibility index (Phi) is 3.60. The van der Waals surface area contributed by atoms with E-state index in [0.717, 1.165) is 12.8 Å². The van der Waals surface area contributed by atoms with Gasteiger partial charge in [0.1, 0.15) is 0 Å². The van der Waals surface area contributed by atoms with E-state index in [9.17, 15) is 8.78 Å². The zero-order valence-electron chi connectivity index (χ0n) is 8.85. The average molecular weight is 290 g/mol. The first-order valence-electron chi connectivity index (χ1n) is 5.48. The van der Waals surface area contributed by atoms with Crippen molar-refractivity contribution >= 4 is 15.9 Å². The number of hydrogen-bond acceptors (Lipinski definition) is 1. The minimum absolute atomic E-state index is 0.0845. The van der Waals surface area contributed by atoms with Crippen molar-refractivity contribution in [3.63, 3.8) is 0 Å². The maximum Gasteiger partial charge on any atom is 0.288 e. The van der Waals surface area contributed by atoms with Crippen molar-refractivity contribution in [1.29, 1.82) is 0 Å². The Morgan fingerprint density at radius 1 is 1.31 bits per heavy atom. The monoisotopic (exact) mass is 289 g/mol. The van der Waals surface area contributed by atoms with E-state index in [-0.39, 0.29) is 5.56 Å². The maximum absolute atomic E-state index is 14.1. The second kappa shape index (κ2) is 4.80. The smallest absolute Gasteiger partial charge is 0.288 e. The highest BCUT2D eigenvalue weighted by molar-refractivity contribution is 9.10. The standard InChI is InChI=1S/C12H14BrF2N/c13-10-5-3-4-9(8-10)12(14,15)11-6-1-2-7-16-11/h3-5,8,11,16H,1-2,6-7H2. The molecule has 1 aliphatic heterocycles. The minimum Gasteiger partial charge on any atom is -0.308 e. The summed E-state index contributed by atoms with van der Waals surface area (Å²) in [5.74, 6) is -2.79. The normalized spacial score (nSPS) is 22.1. The van der Waals surface area contributed by atoms with Crippen LogP contribution in [0.5, 0.6) is 0 Å². The Morgan fingerprint density at radius 3 is 2.75 bits per heavy atom. The molecule has 2 rings (SSSR count). The molecule has 0 saturated carbocycles. The molecule has 1 nitrogen and oxygen atoms in total. The van der Waals surface area contributed by atoms with Gasteiger partial charge in [-0.3, -0.25) is 0 Å². The number of halogens is 3. The number of benzene rings is 1. The first-order valence-corrected chi connectivity index (χ1v) is 6.27. The zero-order valence-corrected chi connectivity index (χ0v) is 10.4. The highest BCUT2D eigenvalue weighted by atomic mass is 79.9. The third-order valence-corrected chi connectivity index (χ3v) is 3.45. The van der Waals surface area contributed by atoms with E-state index in [0.29, 0.717) is 17.4 Å². The second-order valence-corrected chi connectivity index (χ2v) is 5.05. The van der Waals surface area contributed by atoms with Crippen LogP contribution in [0.25, 0.3) is 0 Å². The van der Waals surface area contributed by atoms with Crippen LogP contribution in [0.1, 0.15) is 24.8 Å². The summed E-state index contributed by atoms with van der Waals surface area (Å²) >= 11 is 3.22. The zero-order chi connectivity index (χ0) is 11.6. The summed E-state index contributed by atoms with van der Waals surface area (Å²) in [4.78, 5) is 0. The molecule has 1 heterocycles. The van der Waals surface area contributed by atoms with Crippen molar-refractivity contribution in [2.75, 3.05) is 6.54 Å². The van der Waals surface area contributed by atoms with E-state index in [1.807, 2.05) is 0 Å². The van der Waals surface area contributed by atoms with Gasteiger partial charge in [0.15, 0.2) is 0 Å². The lowest BCUT2D eigenvalue weighted by molar-refractivity contribution is -0.0512. The third-order valence-electron chi connectivity index (χ3n) is 2.96.